The van der Waals surface area contributed by atoms with Crippen molar-refractivity contribution in [1.29, 1.82) is 0 Å². The smallest absolute Gasteiger partial charge is 0.244 e. The van der Waals surface area contributed by atoms with E-state index in [4.69, 9.17) is 4.74 Å². The lowest BCUT2D eigenvalue weighted by atomic mass is 9.79. The number of nitrogens with one attached hydrogen (secondary N) is 3. The van der Waals surface area contributed by atoms with E-state index >= 15 is 0 Å². The molecule has 3 amide bonds. The Morgan fingerprint density at radius 3 is 2.71 bits per heavy atom. The fraction of sp³-hybridized carbons (Fsp3) is 0.550. The van der Waals surface area contributed by atoms with Gasteiger partial charge in [0.2, 0.25) is 17.7 Å². The van der Waals surface area contributed by atoms with E-state index < -0.39 is 0 Å². The van der Waals surface area contributed by atoms with Gasteiger partial charge in [-0.05, 0) is 38.1 Å². The SMILES string of the molecule is COCC1(CNC(=O)CCC(=O)N2CC(=O)Nc3ccccc32)CCNCC1. The molecule has 0 bridgehead atoms. The van der Waals surface area contributed by atoms with E-state index in [0.29, 0.717) is 24.5 Å². The average Bonchev–Trinajstić information content (AvgIpc) is 2.71. The van der Waals surface area contributed by atoms with Crippen LogP contribution in [-0.4, -0.2) is 57.6 Å². The van der Waals surface area contributed by atoms with E-state index in [1.54, 1.807) is 25.3 Å². The zero-order chi connectivity index (χ0) is 20.0. The zero-order valence-corrected chi connectivity index (χ0v) is 16.3. The van der Waals surface area contributed by atoms with Crippen LogP contribution in [0.2, 0.25) is 0 Å². The van der Waals surface area contributed by atoms with Gasteiger partial charge in [-0.15, -0.1) is 0 Å². The molecular weight excluding hydrogens is 360 g/mol. The number of amides is 3. The number of hydrogen-bond donors (Lipinski definition) is 3. The minimum atomic E-state index is -0.232. The van der Waals surface area contributed by atoms with Crippen molar-refractivity contribution in [3.05, 3.63) is 24.3 Å². The van der Waals surface area contributed by atoms with Crippen LogP contribution in [0.4, 0.5) is 11.4 Å². The largest absolute Gasteiger partial charge is 0.384 e. The van der Waals surface area contributed by atoms with Crippen molar-refractivity contribution >= 4 is 29.1 Å². The van der Waals surface area contributed by atoms with Gasteiger partial charge >= 0.3 is 0 Å². The van der Waals surface area contributed by atoms with Gasteiger partial charge in [0.05, 0.1) is 18.0 Å². The standard InChI is InChI=1S/C20H28N4O4/c1-28-14-20(8-10-21-11-9-20)13-22-17(25)6-7-19(27)24-12-18(26)23-15-4-2-3-5-16(15)24/h2-5,21H,6-14H2,1H3,(H,22,25)(H,23,26). The summed E-state index contributed by atoms with van der Waals surface area (Å²) in [6.07, 6.45) is 2.05. The molecule has 0 aliphatic carbocycles. The molecule has 0 spiro atoms. The minimum Gasteiger partial charge on any atom is -0.384 e. The van der Waals surface area contributed by atoms with Crippen molar-refractivity contribution in [2.45, 2.75) is 25.7 Å². The van der Waals surface area contributed by atoms with E-state index in [2.05, 4.69) is 16.0 Å². The van der Waals surface area contributed by atoms with Crippen LogP contribution in [0.15, 0.2) is 24.3 Å². The molecule has 3 N–H and O–H groups in total. The number of nitrogens with zero attached hydrogens (tertiary/aromatic N) is 1. The Morgan fingerprint density at radius 2 is 1.96 bits per heavy atom. The van der Waals surface area contributed by atoms with Crippen molar-refractivity contribution in [2.24, 2.45) is 5.41 Å². The maximum Gasteiger partial charge on any atom is 0.244 e. The first-order valence-corrected chi connectivity index (χ1v) is 9.69. The maximum absolute atomic E-state index is 12.6. The summed E-state index contributed by atoms with van der Waals surface area (Å²) in [7, 11) is 1.68. The van der Waals surface area contributed by atoms with Gasteiger partial charge in [0.1, 0.15) is 6.54 Å². The number of carbonyl (C=O) groups excluding carboxylic acids is 3. The lowest BCUT2D eigenvalue weighted by Crippen LogP contribution is -2.47. The predicted molar refractivity (Wildman–Crippen MR) is 106 cm³/mol. The van der Waals surface area contributed by atoms with Crippen LogP contribution in [0.25, 0.3) is 0 Å². The number of piperidine rings is 1. The first-order valence-electron chi connectivity index (χ1n) is 9.69. The lowest BCUT2D eigenvalue weighted by molar-refractivity contribution is -0.126. The van der Waals surface area contributed by atoms with Crippen molar-refractivity contribution in [3.8, 4) is 0 Å². The summed E-state index contributed by atoms with van der Waals surface area (Å²) in [4.78, 5) is 38.2. The van der Waals surface area contributed by atoms with Crippen LogP contribution < -0.4 is 20.9 Å². The fourth-order valence-corrected chi connectivity index (χ4v) is 3.82. The normalized spacial score (nSPS) is 18.2. The van der Waals surface area contributed by atoms with Crippen LogP contribution in [0.1, 0.15) is 25.7 Å². The zero-order valence-electron chi connectivity index (χ0n) is 16.3. The number of carbonyl (C=O) groups is 3. The van der Waals surface area contributed by atoms with Crippen molar-refractivity contribution in [3.63, 3.8) is 0 Å². The van der Waals surface area contributed by atoms with Gasteiger partial charge in [-0.25, -0.2) is 0 Å². The quantitative estimate of drug-likeness (QED) is 0.644. The lowest BCUT2D eigenvalue weighted by Gasteiger charge is -2.37. The topological polar surface area (TPSA) is 99.8 Å². The van der Waals surface area contributed by atoms with Crippen molar-refractivity contribution in [2.75, 3.05) is 50.1 Å². The Bertz CT molecular complexity index is 725. The molecule has 2 aliphatic rings. The second kappa shape index (κ2) is 9.16. The molecule has 2 aliphatic heterocycles. The number of hydrogen-bond acceptors (Lipinski definition) is 5. The molecule has 0 aromatic heterocycles. The minimum absolute atomic E-state index is 0.0264. The Hall–Kier alpha value is -2.45. The monoisotopic (exact) mass is 388 g/mol. The van der Waals surface area contributed by atoms with Gasteiger partial charge in [0.15, 0.2) is 0 Å². The summed E-state index contributed by atoms with van der Waals surface area (Å²) >= 11 is 0. The third-order valence-corrected chi connectivity index (χ3v) is 5.41. The molecule has 1 aromatic rings. The molecule has 8 heteroatoms. The highest BCUT2D eigenvalue weighted by atomic mass is 16.5. The van der Waals surface area contributed by atoms with Gasteiger partial charge in [-0.3, -0.25) is 14.4 Å². The summed E-state index contributed by atoms with van der Waals surface area (Å²) in [6.45, 7) is 2.95. The molecule has 28 heavy (non-hydrogen) atoms. The van der Waals surface area contributed by atoms with Crippen LogP contribution in [0.5, 0.6) is 0 Å². The van der Waals surface area contributed by atoms with Gasteiger partial charge in [-0.2, -0.15) is 0 Å². The number of ether oxygens (including phenoxy) is 1. The number of benzene rings is 1. The summed E-state index contributed by atoms with van der Waals surface area (Å²) in [5, 5.41) is 9.04. The molecule has 3 rings (SSSR count). The van der Waals surface area contributed by atoms with Crippen LogP contribution in [0, 0.1) is 5.41 Å². The number of anilines is 2. The summed E-state index contributed by atoms with van der Waals surface area (Å²) in [5.41, 5.74) is 1.23. The second-order valence-electron chi connectivity index (χ2n) is 7.50. The van der Waals surface area contributed by atoms with E-state index in [0.717, 1.165) is 25.9 Å². The molecule has 0 unspecified atom stereocenters. The van der Waals surface area contributed by atoms with Crippen LogP contribution >= 0.6 is 0 Å². The molecular formula is C20H28N4O4. The fourth-order valence-electron chi connectivity index (χ4n) is 3.82. The van der Waals surface area contributed by atoms with E-state index in [9.17, 15) is 14.4 Å². The number of methoxy groups -OCH3 is 1. The molecule has 2 heterocycles. The average molecular weight is 388 g/mol. The molecule has 0 radical (unpaired) electrons. The van der Waals surface area contributed by atoms with Gasteiger partial charge in [0.25, 0.3) is 0 Å². The molecule has 1 aromatic carbocycles. The number of rotatable bonds is 7. The first kappa shape index (κ1) is 20.3. The summed E-state index contributed by atoms with van der Waals surface area (Å²) in [5.74, 6) is -0.619. The van der Waals surface area contributed by atoms with Gasteiger partial charge in [-0.1, -0.05) is 12.1 Å². The van der Waals surface area contributed by atoms with Crippen molar-refractivity contribution < 1.29 is 19.1 Å². The summed E-state index contributed by atoms with van der Waals surface area (Å²) in [6, 6.07) is 7.17. The summed E-state index contributed by atoms with van der Waals surface area (Å²) < 4.78 is 5.36. The van der Waals surface area contributed by atoms with Crippen LogP contribution in [0.3, 0.4) is 0 Å². The third kappa shape index (κ3) is 4.88. The molecule has 0 atom stereocenters. The molecule has 1 saturated heterocycles. The third-order valence-electron chi connectivity index (χ3n) is 5.41. The Labute approximate surface area is 165 Å². The predicted octanol–water partition coefficient (Wildman–Crippen LogP) is 0.884. The molecule has 1 fully saturated rings. The van der Waals surface area contributed by atoms with Gasteiger partial charge in [0, 0.05) is 31.9 Å². The Kier molecular flexibility index (Phi) is 6.64. The Balaban J connectivity index is 1.52. The second-order valence-corrected chi connectivity index (χ2v) is 7.50. The molecule has 8 nitrogen and oxygen atoms in total. The maximum atomic E-state index is 12.6. The van der Waals surface area contributed by atoms with Crippen molar-refractivity contribution in [1.82, 2.24) is 10.6 Å². The highest BCUT2D eigenvalue weighted by molar-refractivity contribution is 6.10. The van der Waals surface area contributed by atoms with Crippen LogP contribution in [-0.2, 0) is 19.1 Å². The number of para-hydroxylation sites is 2. The highest BCUT2D eigenvalue weighted by Gasteiger charge is 2.32. The molecule has 152 valence electrons. The number of fused-ring (bicyclic) bond motifs is 1. The van der Waals surface area contributed by atoms with E-state index in [1.807, 2.05) is 6.07 Å². The first-order chi connectivity index (χ1) is 13.5. The molecule has 0 saturated carbocycles. The van der Waals surface area contributed by atoms with E-state index in [1.165, 1.54) is 4.90 Å². The van der Waals surface area contributed by atoms with Gasteiger partial charge < -0.3 is 25.6 Å². The highest BCUT2D eigenvalue weighted by Crippen LogP contribution is 2.30. The van der Waals surface area contributed by atoms with E-state index in [-0.39, 0.29) is 42.5 Å². The Morgan fingerprint density at radius 1 is 1.21 bits per heavy atom.